The number of benzene rings is 2. The average molecular weight is 531 g/mol. The number of hydrogen-bond donors (Lipinski definition) is 3. The molecule has 0 spiro atoms. The van der Waals surface area contributed by atoms with E-state index in [-0.39, 0.29) is 23.9 Å². The normalized spacial score (nSPS) is 13.8. The molecule has 1 aromatic heterocycles. The number of ketones is 1. The summed E-state index contributed by atoms with van der Waals surface area (Å²) in [7, 11) is -4.75. The summed E-state index contributed by atoms with van der Waals surface area (Å²) in [5, 5.41) is 3.45. The highest BCUT2D eigenvalue weighted by atomic mass is 35.5. The van der Waals surface area contributed by atoms with Gasteiger partial charge in [0.25, 0.3) is 0 Å². The van der Waals surface area contributed by atoms with E-state index in [1.54, 1.807) is 12.1 Å². The number of phosphoric ester groups is 1. The molecule has 0 unspecified atom stereocenters. The predicted molar refractivity (Wildman–Crippen MR) is 137 cm³/mol. The topological polar surface area (TPSA) is 134 Å². The van der Waals surface area contributed by atoms with Crippen LogP contribution in [0.2, 0.25) is 5.02 Å². The molecule has 3 N–H and O–H groups in total. The number of carbonyl (C=O) groups excluding carboxylic acids is 1. The molecule has 10 nitrogen and oxygen atoms in total. The number of nitrogens with zero attached hydrogens (tertiary/aromatic N) is 3. The molecule has 2 aromatic carbocycles. The highest BCUT2D eigenvalue weighted by Gasteiger charge is 2.23. The molecule has 0 saturated carbocycles. The van der Waals surface area contributed by atoms with Gasteiger partial charge in [0.1, 0.15) is 0 Å². The van der Waals surface area contributed by atoms with Crippen LogP contribution in [0.25, 0.3) is 11.3 Å². The van der Waals surface area contributed by atoms with Crippen LogP contribution in [-0.4, -0.2) is 51.8 Å². The van der Waals surface area contributed by atoms with Crippen molar-refractivity contribution in [1.29, 1.82) is 0 Å². The summed E-state index contributed by atoms with van der Waals surface area (Å²) in [6.07, 6.45) is 2.98. The number of ether oxygens (including phenoxy) is 1. The average Bonchev–Trinajstić information content (AvgIpc) is 2.86. The minimum atomic E-state index is -4.75. The standard InChI is InChI=1S/C24H24ClN4O6P/c1-2-19(30)13-16-4-3-5-17(12-16)23-20(25)15-26-24(28-23)27-18-6-7-22(35-36(31,32)33)21(14-18)29-8-10-34-11-9-29/h2-7,12,14-15H,1,8-11,13H2,(H,26,27,28)(H2,31,32,33). The highest BCUT2D eigenvalue weighted by molar-refractivity contribution is 7.46. The van der Waals surface area contributed by atoms with Crippen molar-refractivity contribution < 1.29 is 28.4 Å². The largest absolute Gasteiger partial charge is 0.524 e. The van der Waals surface area contributed by atoms with Crippen LogP contribution in [0.3, 0.4) is 0 Å². The number of carbonyl (C=O) groups is 1. The minimum Gasteiger partial charge on any atom is -0.402 e. The number of allylic oxidation sites excluding steroid dienone is 1. The van der Waals surface area contributed by atoms with Gasteiger partial charge in [0.05, 0.1) is 35.8 Å². The molecule has 36 heavy (non-hydrogen) atoms. The molecule has 0 atom stereocenters. The summed E-state index contributed by atoms with van der Waals surface area (Å²) in [5.74, 6) is 0.225. The number of hydrogen-bond acceptors (Lipinski definition) is 8. The summed E-state index contributed by atoms with van der Waals surface area (Å²) >= 11 is 6.38. The summed E-state index contributed by atoms with van der Waals surface area (Å²) in [4.78, 5) is 41.1. The molecule has 4 rings (SSSR count). The number of morpholine rings is 1. The van der Waals surface area contributed by atoms with Gasteiger partial charge >= 0.3 is 7.82 Å². The Morgan fingerprint density at radius 2 is 2.03 bits per heavy atom. The van der Waals surface area contributed by atoms with E-state index in [0.717, 1.165) is 11.1 Å². The van der Waals surface area contributed by atoms with Crippen LogP contribution in [0.4, 0.5) is 17.3 Å². The summed E-state index contributed by atoms with van der Waals surface area (Å²) < 4.78 is 21.8. The lowest BCUT2D eigenvalue weighted by molar-refractivity contribution is -0.114. The maximum absolute atomic E-state index is 11.8. The summed E-state index contributed by atoms with van der Waals surface area (Å²) in [6.45, 7) is 5.54. The number of phosphoric acid groups is 1. The van der Waals surface area contributed by atoms with Crippen molar-refractivity contribution in [3.63, 3.8) is 0 Å². The van der Waals surface area contributed by atoms with Gasteiger partial charge < -0.3 is 19.5 Å². The van der Waals surface area contributed by atoms with Gasteiger partial charge in [-0.15, -0.1) is 0 Å². The van der Waals surface area contributed by atoms with E-state index >= 15 is 0 Å². The molecule has 0 aliphatic carbocycles. The Bertz CT molecular complexity index is 1330. The molecule has 0 radical (unpaired) electrons. The molecule has 1 fully saturated rings. The minimum absolute atomic E-state index is 0.0550. The number of anilines is 3. The Hall–Kier alpha value is -3.27. The van der Waals surface area contributed by atoms with Gasteiger partial charge in [0, 0.05) is 30.8 Å². The van der Waals surface area contributed by atoms with Crippen LogP contribution >= 0.6 is 19.4 Å². The quantitative estimate of drug-likeness (QED) is 0.273. The number of rotatable bonds is 9. The zero-order chi connectivity index (χ0) is 25.7. The van der Waals surface area contributed by atoms with Crippen LogP contribution in [0.15, 0.2) is 61.3 Å². The zero-order valence-corrected chi connectivity index (χ0v) is 20.8. The fourth-order valence-corrected chi connectivity index (χ4v) is 4.32. The zero-order valence-electron chi connectivity index (χ0n) is 19.1. The molecule has 0 amide bonds. The van der Waals surface area contributed by atoms with E-state index in [4.69, 9.17) is 20.9 Å². The van der Waals surface area contributed by atoms with Crippen molar-refractivity contribution >= 4 is 42.5 Å². The van der Waals surface area contributed by atoms with E-state index in [1.807, 2.05) is 29.2 Å². The van der Waals surface area contributed by atoms with Gasteiger partial charge in [0.2, 0.25) is 5.95 Å². The van der Waals surface area contributed by atoms with Gasteiger partial charge in [-0.2, -0.15) is 0 Å². The van der Waals surface area contributed by atoms with E-state index in [0.29, 0.717) is 48.4 Å². The molecule has 1 aliphatic heterocycles. The van der Waals surface area contributed by atoms with E-state index in [2.05, 4.69) is 21.9 Å². The number of nitrogens with one attached hydrogen (secondary N) is 1. The van der Waals surface area contributed by atoms with Gasteiger partial charge in [0.15, 0.2) is 11.5 Å². The van der Waals surface area contributed by atoms with Gasteiger partial charge in [-0.3, -0.25) is 14.6 Å². The predicted octanol–water partition coefficient (Wildman–Crippen LogP) is 4.15. The monoisotopic (exact) mass is 530 g/mol. The van der Waals surface area contributed by atoms with Crippen LogP contribution in [-0.2, 0) is 20.5 Å². The molecule has 12 heteroatoms. The second-order valence-electron chi connectivity index (χ2n) is 7.93. The van der Waals surface area contributed by atoms with Crippen molar-refractivity contribution in [2.24, 2.45) is 0 Å². The molecule has 188 valence electrons. The maximum Gasteiger partial charge on any atom is 0.524 e. The second kappa shape index (κ2) is 11.2. The first kappa shape index (κ1) is 25.8. The summed E-state index contributed by atoms with van der Waals surface area (Å²) in [6, 6.07) is 12.1. The first-order valence-electron chi connectivity index (χ1n) is 11.0. The van der Waals surface area contributed by atoms with Crippen LogP contribution < -0.4 is 14.7 Å². The second-order valence-corrected chi connectivity index (χ2v) is 9.50. The van der Waals surface area contributed by atoms with Crippen molar-refractivity contribution in [2.45, 2.75) is 6.42 Å². The third-order valence-corrected chi connectivity index (χ3v) is 6.05. The van der Waals surface area contributed by atoms with Crippen molar-refractivity contribution in [3.05, 3.63) is 71.9 Å². The number of aromatic nitrogens is 2. The fourth-order valence-electron chi connectivity index (χ4n) is 3.71. The molecule has 3 aromatic rings. The molecule has 1 aliphatic rings. The van der Waals surface area contributed by atoms with E-state index in [9.17, 15) is 19.1 Å². The lowest BCUT2D eigenvalue weighted by atomic mass is 10.0. The van der Waals surface area contributed by atoms with Gasteiger partial charge in [-0.25, -0.2) is 14.5 Å². The molecular weight excluding hydrogens is 507 g/mol. The maximum atomic E-state index is 11.8. The van der Waals surface area contributed by atoms with E-state index in [1.165, 1.54) is 18.3 Å². The Morgan fingerprint density at radius 1 is 1.25 bits per heavy atom. The van der Waals surface area contributed by atoms with Crippen molar-refractivity contribution in [1.82, 2.24) is 9.97 Å². The Kier molecular flexibility index (Phi) is 8.03. The fraction of sp³-hybridized carbons (Fsp3) is 0.208. The Labute approximate surface area is 212 Å². The lowest BCUT2D eigenvalue weighted by Gasteiger charge is -2.30. The van der Waals surface area contributed by atoms with Crippen LogP contribution in [0.5, 0.6) is 5.75 Å². The molecule has 0 bridgehead atoms. The highest BCUT2D eigenvalue weighted by Crippen LogP contribution is 2.43. The first-order valence-corrected chi connectivity index (χ1v) is 12.9. The Balaban J connectivity index is 1.63. The molecule has 2 heterocycles. The van der Waals surface area contributed by atoms with Crippen molar-refractivity contribution in [2.75, 3.05) is 36.5 Å². The number of halogens is 1. The van der Waals surface area contributed by atoms with Gasteiger partial charge in [-0.1, -0.05) is 36.4 Å². The SMILES string of the molecule is C=CC(=O)Cc1cccc(-c2nc(Nc3ccc(OP(=O)(O)O)c(N4CCOCC4)c3)ncc2Cl)c1. The first-order chi connectivity index (χ1) is 17.2. The summed E-state index contributed by atoms with van der Waals surface area (Å²) in [5.41, 5.74) is 3.09. The van der Waals surface area contributed by atoms with Crippen molar-refractivity contribution in [3.8, 4) is 17.0 Å². The van der Waals surface area contributed by atoms with Gasteiger partial charge in [-0.05, 0) is 35.9 Å². The van der Waals surface area contributed by atoms with Crippen LogP contribution in [0, 0.1) is 0 Å². The lowest BCUT2D eigenvalue weighted by Crippen LogP contribution is -2.36. The smallest absolute Gasteiger partial charge is 0.402 e. The third-order valence-electron chi connectivity index (χ3n) is 5.33. The molecular formula is C24H24ClN4O6P. The third kappa shape index (κ3) is 6.69. The van der Waals surface area contributed by atoms with Crippen LogP contribution in [0.1, 0.15) is 5.56 Å². The van der Waals surface area contributed by atoms with E-state index < -0.39 is 7.82 Å². The Morgan fingerprint density at radius 3 is 2.75 bits per heavy atom. The molecule has 1 saturated heterocycles.